The van der Waals surface area contributed by atoms with Crippen molar-refractivity contribution >= 4 is 23.2 Å². The SMILES string of the molecule is CN(C)Cc1ccc(O)c2ccccc12.Cl. The van der Waals surface area contributed by atoms with Gasteiger partial charge >= 0.3 is 0 Å². The van der Waals surface area contributed by atoms with Crippen molar-refractivity contribution in [3.63, 3.8) is 0 Å². The number of phenolic OH excluding ortho intramolecular Hbond substituents is 1. The van der Waals surface area contributed by atoms with Gasteiger partial charge in [-0.2, -0.15) is 0 Å². The van der Waals surface area contributed by atoms with E-state index in [4.69, 9.17) is 0 Å². The van der Waals surface area contributed by atoms with Gasteiger partial charge in [0.05, 0.1) is 0 Å². The second-order valence-corrected chi connectivity index (χ2v) is 4.03. The molecule has 86 valence electrons. The van der Waals surface area contributed by atoms with Gasteiger partial charge < -0.3 is 10.0 Å². The van der Waals surface area contributed by atoms with E-state index >= 15 is 0 Å². The fourth-order valence-corrected chi connectivity index (χ4v) is 1.82. The first-order valence-electron chi connectivity index (χ1n) is 5.03. The van der Waals surface area contributed by atoms with Gasteiger partial charge in [0.1, 0.15) is 5.75 Å². The minimum Gasteiger partial charge on any atom is -0.507 e. The Labute approximate surface area is 102 Å². The molecule has 16 heavy (non-hydrogen) atoms. The average molecular weight is 238 g/mol. The summed E-state index contributed by atoms with van der Waals surface area (Å²) >= 11 is 0. The Morgan fingerprint density at radius 2 is 1.62 bits per heavy atom. The van der Waals surface area contributed by atoms with Crippen LogP contribution in [0, 0.1) is 0 Å². The standard InChI is InChI=1S/C13H15NO.ClH/c1-14(2)9-10-7-8-13(15)12-6-4-3-5-11(10)12;/h3-8,15H,9H2,1-2H3;1H. The molecule has 0 aliphatic rings. The second-order valence-electron chi connectivity index (χ2n) is 4.03. The highest BCUT2D eigenvalue weighted by molar-refractivity contribution is 5.90. The van der Waals surface area contributed by atoms with Crippen LogP contribution in [0.2, 0.25) is 0 Å². The molecule has 2 aromatic rings. The van der Waals surface area contributed by atoms with Crippen LogP contribution >= 0.6 is 12.4 Å². The Bertz CT molecular complexity index is 482. The maximum atomic E-state index is 9.72. The molecule has 0 amide bonds. The molecule has 2 rings (SSSR count). The quantitative estimate of drug-likeness (QED) is 0.868. The summed E-state index contributed by atoms with van der Waals surface area (Å²) in [5, 5.41) is 11.8. The topological polar surface area (TPSA) is 23.5 Å². The summed E-state index contributed by atoms with van der Waals surface area (Å²) in [6.07, 6.45) is 0. The minimum atomic E-state index is 0. The number of nitrogens with zero attached hydrogens (tertiary/aromatic N) is 1. The molecular weight excluding hydrogens is 222 g/mol. The molecule has 0 aliphatic heterocycles. The lowest BCUT2D eigenvalue weighted by Gasteiger charge is -2.12. The van der Waals surface area contributed by atoms with Crippen LogP contribution < -0.4 is 0 Å². The van der Waals surface area contributed by atoms with Crippen LogP contribution in [0.15, 0.2) is 36.4 Å². The monoisotopic (exact) mass is 237 g/mol. The fraction of sp³-hybridized carbons (Fsp3) is 0.231. The van der Waals surface area contributed by atoms with Gasteiger partial charge in [0, 0.05) is 11.9 Å². The lowest BCUT2D eigenvalue weighted by Crippen LogP contribution is -2.10. The number of aromatic hydroxyl groups is 1. The van der Waals surface area contributed by atoms with E-state index in [2.05, 4.69) is 4.90 Å². The zero-order chi connectivity index (χ0) is 10.8. The molecule has 0 aromatic heterocycles. The average Bonchev–Trinajstić information content (AvgIpc) is 2.22. The molecular formula is C13H16ClNO. The molecule has 3 heteroatoms. The molecule has 1 N–H and O–H groups in total. The van der Waals surface area contributed by atoms with Crippen molar-refractivity contribution in [2.24, 2.45) is 0 Å². The molecule has 2 nitrogen and oxygen atoms in total. The lowest BCUT2D eigenvalue weighted by atomic mass is 10.0. The van der Waals surface area contributed by atoms with Crippen LogP contribution in [0.4, 0.5) is 0 Å². The lowest BCUT2D eigenvalue weighted by molar-refractivity contribution is 0.404. The van der Waals surface area contributed by atoms with Gasteiger partial charge in [-0.3, -0.25) is 0 Å². The molecule has 0 radical (unpaired) electrons. The summed E-state index contributed by atoms with van der Waals surface area (Å²) in [7, 11) is 4.09. The van der Waals surface area contributed by atoms with Crippen molar-refractivity contribution < 1.29 is 5.11 Å². The van der Waals surface area contributed by atoms with E-state index in [0.29, 0.717) is 5.75 Å². The third-order valence-electron chi connectivity index (χ3n) is 2.48. The smallest absolute Gasteiger partial charge is 0.123 e. The van der Waals surface area contributed by atoms with Gasteiger partial charge in [0.2, 0.25) is 0 Å². The van der Waals surface area contributed by atoms with Crippen molar-refractivity contribution in [2.45, 2.75) is 6.54 Å². The maximum Gasteiger partial charge on any atom is 0.123 e. The van der Waals surface area contributed by atoms with E-state index < -0.39 is 0 Å². The van der Waals surface area contributed by atoms with E-state index in [1.807, 2.05) is 44.4 Å². The predicted octanol–water partition coefficient (Wildman–Crippen LogP) is 3.03. The van der Waals surface area contributed by atoms with Crippen LogP contribution in [0.3, 0.4) is 0 Å². The summed E-state index contributed by atoms with van der Waals surface area (Å²) in [6.45, 7) is 0.890. The van der Waals surface area contributed by atoms with Crippen molar-refractivity contribution in [3.8, 4) is 5.75 Å². The highest BCUT2D eigenvalue weighted by Crippen LogP contribution is 2.27. The van der Waals surface area contributed by atoms with Gasteiger partial charge in [0.15, 0.2) is 0 Å². The summed E-state index contributed by atoms with van der Waals surface area (Å²) in [4.78, 5) is 2.12. The number of halogens is 1. The molecule has 0 saturated carbocycles. The van der Waals surface area contributed by atoms with Gasteiger partial charge in [0.25, 0.3) is 0 Å². The molecule has 0 unspecified atom stereocenters. The van der Waals surface area contributed by atoms with Gasteiger partial charge in [-0.15, -0.1) is 12.4 Å². The largest absolute Gasteiger partial charge is 0.507 e. The fourth-order valence-electron chi connectivity index (χ4n) is 1.82. The Hall–Kier alpha value is -1.25. The zero-order valence-electron chi connectivity index (χ0n) is 9.47. The molecule has 0 heterocycles. The molecule has 0 bridgehead atoms. The van der Waals surface area contributed by atoms with E-state index in [9.17, 15) is 5.11 Å². The van der Waals surface area contributed by atoms with E-state index in [0.717, 1.165) is 17.3 Å². The Kier molecular flexibility index (Phi) is 4.16. The number of rotatable bonds is 2. The third-order valence-corrected chi connectivity index (χ3v) is 2.48. The van der Waals surface area contributed by atoms with Crippen molar-refractivity contribution in [1.29, 1.82) is 0 Å². The molecule has 0 aliphatic carbocycles. The summed E-state index contributed by atoms with van der Waals surface area (Å²) in [5.74, 6) is 0.355. The van der Waals surface area contributed by atoms with Crippen LogP contribution in [0.5, 0.6) is 5.75 Å². The third kappa shape index (κ3) is 2.46. The van der Waals surface area contributed by atoms with E-state index in [-0.39, 0.29) is 12.4 Å². The normalized spacial score (nSPS) is 10.4. The molecule has 0 saturated heterocycles. The highest BCUT2D eigenvalue weighted by Gasteiger charge is 2.04. The molecule has 0 atom stereocenters. The number of hydrogen-bond donors (Lipinski definition) is 1. The maximum absolute atomic E-state index is 9.72. The Morgan fingerprint density at radius 1 is 1.00 bits per heavy atom. The van der Waals surface area contributed by atoms with Gasteiger partial charge in [-0.05, 0) is 31.1 Å². The highest BCUT2D eigenvalue weighted by atomic mass is 35.5. The zero-order valence-corrected chi connectivity index (χ0v) is 10.3. The second kappa shape index (κ2) is 5.19. The van der Waals surface area contributed by atoms with Crippen LogP contribution in [0.25, 0.3) is 10.8 Å². The van der Waals surface area contributed by atoms with Crippen molar-refractivity contribution in [1.82, 2.24) is 4.90 Å². The van der Waals surface area contributed by atoms with Crippen LogP contribution in [-0.2, 0) is 6.54 Å². The molecule has 0 fully saturated rings. The number of hydrogen-bond acceptors (Lipinski definition) is 2. The number of phenols is 1. The van der Waals surface area contributed by atoms with Crippen LogP contribution in [-0.4, -0.2) is 24.1 Å². The summed E-state index contributed by atoms with van der Waals surface area (Å²) in [5.41, 5.74) is 1.24. The predicted molar refractivity (Wildman–Crippen MR) is 70.3 cm³/mol. The number of fused-ring (bicyclic) bond motifs is 1. The first-order valence-corrected chi connectivity index (χ1v) is 5.03. The number of benzene rings is 2. The molecule has 2 aromatic carbocycles. The van der Waals surface area contributed by atoms with Gasteiger partial charge in [-0.25, -0.2) is 0 Å². The summed E-state index contributed by atoms with van der Waals surface area (Å²) < 4.78 is 0. The van der Waals surface area contributed by atoms with Crippen molar-refractivity contribution in [3.05, 3.63) is 42.0 Å². The van der Waals surface area contributed by atoms with E-state index in [1.165, 1.54) is 5.56 Å². The van der Waals surface area contributed by atoms with Crippen LogP contribution in [0.1, 0.15) is 5.56 Å². The van der Waals surface area contributed by atoms with Gasteiger partial charge in [-0.1, -0.05) is 30.3 Å². The Morgan fingerprint density at radius 3 is 2.25 bits per heavy atom. The molecule has 0 spiro atoms. The summed E-state index contributed by atoms with van der Waals surface area (Å²) in [6, 6.07) is 11.7. The van der Waals surface area contributed by atoms with E-state index in [1.54, 1.807) is 6.07 Å². The first-order chi connectivity index (χ1) is 7.18. The van der Waals surface area contributed by atoms with Crippen molar-refractivity contribution in [2.75, 3.05) is 14.1 Å². The Balaban J connectivity index is 0.00000128. The minimum absolute atomic E-state index is 0. The first kappa shape index (κ1) is 12.8.